The molecule has 138 valence electrons. The Labute approximate surface area is 155 Å². The summed E-state index contributed by atoms with van der Waals surface area (Å²) in [5.41, 5.74) is 0. The zero-order valence-electron chi connectivity index (χ0n) is 14.6. The highest BCUT2D eigenvalue weighted by Crippen LogP contribution is 2.30. The smallest absolute Gasteiger partial charge is 0.323 e. The van der Waals surface area contributed by atoms with Gasteiger partial charge >= 0.3 is 5.97 Å². The molecule has 1 amide bonds. The number of aliphatic carboxylic acids is 1. The molecule has 1 atom stereocenters. The van der Waals surface area contributed by atoms with Crippen molar-refractivity contribution in [3.63, 3.8) is 0 Å². The van der Waals surface area contributed by atoms with Crippen LogP contribution in [0.25, 0.3) is 10.2 Å². The number of nitrogens with zero attached hydrogens (tertiary/aromatic N) is 5. The topological polar surface area (TPSA) is 89.9 Å². The predicted octanol–water partition coefficient (Wildman–Crippen LogP) is 0.807. The number of carbonyl (C=O) groups excluding carboxylic acids is 1. The Morgan fingerprint density at radius 2 is 2.04 bits per heavy atom. The number of hydrogen-bond acceptors (Lipinski definition) is 7. The van der Waals surface area contributed by atoms with Crippen LogP contribution in [0.15, 0.2) is 12.4 Å². The van der Waals surface area contributed by atoms with Gasteiger partial charge in [-0.1, -0.05) is 0 Å². The highest BCUT2D eigenvalue weighted by molar-refractivity contribution is 7.18. The Morgan fingerprint density at radius 1 is 1.27 bits per heavy atom. The standard InChI is InChI=1S/C17H21N5O3S/c1-11-8-12-15(18-10-19-16(12)26-11)21-6-4-20(5-7-21)13-2-3-22(17(13)25)9-14(23)24/h8,10,13H,2-7,9H2,1H3,(H,23,24). The molecule has 0 bridgehead atoms. The normalized spacial score (nSPS) is 21.7. The van der Waals surface area contributed by atoms with Gasteiger partial charge in [-0.05, 0) is 19.4 Å². The molecule has 0 saturated carbocycles. The fraction of sp³-hybridized carbons (Fsp3) is 0.529. The maximum absolute atomic E-state index is 12.5. The van der Waals surface area contributed by atoms with Gasteiger partial charge in [-0.3, -0.25) is 14.5 Å². The lowest BCUT2D eigenvalue weighted by Crippen LogP contribution is -2.53. The summed E-state index contributed by atoms with van der Waals surface area (Å²) >= 11 is 1.67. The number of thiophene rings is 1. The SMILES string of the molecule is Cc1cc2c(N3CCN(C4CCN(CC(=O)O)C4=O)CC3)ncnc2s1. The van der Waals surface area contributed by atoms with E-state index < -0.39 is 5.97 Å². The molecule has 2 aliphatic heterocycles. The number of carboxylic acids is 1. The van der Waals surface area contributed by atoms with Crippen molar-refractivity contribution in [3.8, 4) is 0 Å². The molecule has 2 fully saturated rings. The number of carbonyl (C=O) groups is 2. The lowest BCUT2D eigenvalue weighted by Gasteiger charge is -2.37. The molecule has 2 aromatic rings. The fourth-order valence-corrected chi connectivity index (χ4v) is 4.68. The van der Waals surface area contributed by atoms with Gasteiger partial charge in [0, 0.05) is 37.6 Å². The minimum absolute atomic E-state index is 0.0567. The zero-order chi connectivity index (χ0) is 18.3. The molecule has 0 radical (unpaired) electrons. The number of carboxylic acid groups (broad SMARTS) is 1. The number of anilines is 1. The van der Waals surface area contributed by atoms with E-state index in [-0.39, 0.29) is 18.5 Å². The molecule has 2 saturated heterocycles. The quantitative estimate of drug-likeness (QED) is 0.846. The molecule has 0 spiro atoms. The maximum Gasteiger partial charge on any atom is 0.323 e. The molecule has 26 heavy (non-hydrogen) atoms. The first-order chi connectivity index (χ1) is 12.5. The highest BCUT2D eigenvalue weighted by Gasteiger charge is 2.38. The first-order valence-electron chi connectivity index (χ1n) is 8.73. The number of likely N-dealkylation sites (tertiary alicyclic amines) is 1. The van der Waals surface area contributed by atoms with Crippen LogP contribution in [0, 0.1) is 6.92 Å². The summed E-state index contributed by atoms with van der Waals surface area (Å²) in [4.78, 5) is 40.3. The van der Waals surface area contributed by atoms with Gasteiger partial charge in [-0.2, -0.15) is 0 Å². The number of aromatic nitrogens is 2. The average Bonchev–Trinajstić information content (AvgIpc) is 3.17. The van der Waals surface area contributed by atoms with E-state index in [4.69, 9.17) is 5.11 Å². The summed E-state index contributed by atoms with van der Waals surface area (Å²) in [7, 11) is 0. The molecule has 2 aliphatic rings. The van der Waals surface area contributed by atoms with Gasteiger partial charge in [0.2, 0.25) is 5.91 Å². The van der Waals surface area contributed by atoms with Crippen LogP contribution < -0.4 is 4.90 Å². The first-order valence-corrected chi connectivity index (χ1v) is 9.55. The van der Waals surface area contributed by atoms with Crippen LogP contribution in [0.5, 0.6) is 0 Å². The number of piperazine rings is 1. The first kappa shape index (κ1) is 17.2. The van der Waals surface area contributed by atoms with Crippen molar-refractivity contribution in [2.75, 3.05) is 44.2 Å². The molecule has 4 heterocycles. The van der Waals surface area contributed by atoms with E-state index in [0.29, 0.717) is 13.0 Å². The van der Waals surface area contributed by atoms with E-state index in [9.17, 15) is 9.59 Å². The van der Waals surface area contributed by atoms with Crippen LogP contribution in [0.3, 0.4) is 0 Å². The van der Waals surface area contributed by atoms with E-state index in [2.05, 4.69) is 32.8 Å². The van der Waals surface area contributed by atoms with Crippen LogP contribution in [0.1, 0.15) is 11.3 Å². The Hall–Kier alpha value is -2.26. The lowest BCUT2D eigenvalue weighted by molar-refractivity contribution is -0.144. The van der Waals surface area contributed by atoms with Crippen molar-refractivity contribution in [2.45, 2.75) is 19.4 Å². The van der Waals surface area contributed by atoms with Gasteiger partial charge in [-0.25, -0.2) is 9.97 Å². The minimum Gasteiger partial charge on any atom is -0.480 e. The summed E-state index contributed by atoms with van der Waals surface area (Å²) in [5.74, 6) is -0.0503. The Morgan fingerprint density at radius 3 is 2.77 bits per heavy atom. The van der Waals surface area contributed by atoms with Crippen molar-refractivity contribution in [1.29, 1.82) is 0 Å². The number of rotatable bonds is 4. The van der Waals surface area contributed by atoms with Crippen LogP contribution in [-0.4, -0.2) is 82.1 Å². The monoisotopic (exact) mass is 375 g/mol. The minimum atomic E-state index is -0.956. The van der Waals surface area contributed by atoms with Crippen LogP contribution in [0.4, 0.5) is 5.82 Å². The van der Waals surface area contributed by atoms with E-state index in [0.717, 1.165) is 42.2 Å². The molecular weight excluding hydrogens is 354 g/mol. The molecule has 0 aromatic carbocycles. The van der Waals surface area contributed by atoms with E-state index in [1.54, 1.807) is 17.7 Å². The molecule has 9 heteroatoms. The maximum atomic E-state index is 12.5. The Kier molecular flexibility index (Phi) is 4.49. The molecular formula is C17H21N5O3S. The highest BCUT2D eigenvalue weighted by atomic mass is 32.1. The molecule has 2 aromatic heterocycles. The van der Waals surface area contributed by atoms with E-state index >= 15 is 0 Å². The van der Waals surface area contributed by atoms with Gasteiger partial charge in [0.05, 0.1) is 11.4 Å². The van der Waals surface area contributed by atoms with E-state index in [1.165, 1.54) is 9.78 Å². The van der Waals surface area contributed by atoms with Crippen LogP contribution in [0.2, 0.25) is 0 Å². The molecule has 0 aliphatic carbocycles. The summed E-state index contributed by atoms with van der Waals surface area (Å²) in [6.07, 6.45) is 2.32. The van der Waals surface area contributed by atoms with Crippen molar-refractivity contribution in [1.82, 2.24) is 19.8 Å². The number of amides is 1. The summed E-state index contributed by atoms with van der Waals surface area (Å²) in [6.45, 7) is 5.52. The van der Waals surface area contributed by atoms with Gasteiger partial charge in [0.1, 0.15) is 23.5 Å². The third kappa shape index (κ3) is 3.12. The summed E-state index contributed by atoms with van der Waals surface area (Å²) < 4.78 is 0. The van der Waals surface area contributed by atoms with Gasteiger partial charge in [-0.15, -0.1) is 11.3 Å². The lowest BCUT2D eigenvalue weighted by atomic mass is 10.1. The molecule has 1 unspecified atom stereocenters. The second kappa shape index (κ2) is 6.81. The number of aryl methyl sites for hydroxylation is 1. The largest absolute Gasteiger partial charge is 0.480 e. The van der Waals surface area contributed by atoms with Crippen molar-refractivity contribution in [3.05, 3.63) is 17.3 Å². The van der Waals surface area contributed by atoms with Crippen LogP contribution in [-0.2, 0) is 9.59 Å². The fourth-order valence-electron chi connectivity index (χ4n) is 3.84. The Balaban J connectivity index is 1.43. The zero-order valence-corrected chi connectivity index (χ0v) is 15.4. The second-order valence-corrected chi connectivity index (χ2v) is 7.99. The van der Waals surface area contributed by atoms with Gasteiger partial charge in [0.25, 0.3) is 0 Å². The third-order valence-electron chi connectivity index (χ3n) is 5.08. The predicted molar refractivity (Wildman–Crippen MR) is 98.6 cm³/mol. The van der Waals surface area contributed by atoms with Gasteiger partial charge < -0.3 is 14.9 Å². The number of hydrogen-bond donors (Lipinski definition) is 1. The van der Waals surface area contributed by atoms with E-state index in [1.807, 2.05) is 0 Å². The van der Waals surface area contributed by atoms with Crippen LogP contribution >= 0.6 is 11.3 Å². The average molecular weight is 375 g/mol. The summed E-state index contributed by atoms with van der Waals surface area (Å²) in [6, 6.07) is 1.94. The second-order valence-electron chi connectivity index (χ2n) is 6.75. The number of fused-ring (bicyclic) bond motifs is 1. The van der Waals surface area contributed by atoms with Crippen molar-refractivity contribution in [2.24, 2.45) is 0 Å². The third-order valence-corrected chi connectivity index (χ3v) is 6.04. The molecule has 8 nitrogen and oxygen atoms in total. The summed E-state index contributed by atoms with van der Waals surface area (Å²) in [5, 5.41) is 10.0. The Bertz CT molecular complexity index is 846. The van der Waals surface area contributed by atoms with Crippen molar-refractivity contribution < 1.29 is 14.7 Å². The molecule has 1 N–H and O–H groups in total. The molecule has 4 rings (SSSR count). The van der Waals surface area contributed by atoms with Crippen molar-refractivity contribution >= 4 is 39.2 Å². The van der Waals surface area contributed by atoms with Gasteiger partial charge in [0.15, 0.2) is 0 Å².